The number of nitrogens with one attached hydrogen (secondary N) is 1. The fourth-order valence-corrected chi connectivity index (χ4v) is 2.28. The molecule has 0 aliphatic heterocycles. The molecule has 0 aliphatic carbocycles. The van der Waals surface area contributed by atoms with Crippen molar-refractivity contribution in [2.24, 2.45) is 0 Å². The van der Waals surface area contributed by atoms with Gasteiger partial charge in [0.2, 0.25) is 0 Å². The zero-order valence-corrected chi connectivity index (χ0v) is 12.2. The third kappa shape index (κ3) is 3.37. The second kappa shape index (κ2) is 5.91. The van der Waals surface area contributed by atoms with E-state index in [-0.39, 0.29) is 11.5 Å². The summed E-state index contributed by atoms with van der Waals surface area (Å²) in [7, 11) is 0. The van der Waals surface area contributed by atoms with Crippen molar-refractivity contribution < 1.29 is 9.31 Å². The van der Waals surface area contributed by atoms with E-state index in [0.29, 0.717) is 23.4 Å². The van der Waals surface area contributed by atoms with E-state index in [1.54, 1.807) is 32.0 Å². The molecule has 0 saturated heterocycles. The Morgan fingerprint density at radius 2 is 1.76 bits per heavy atom. The molecule has 0 saturated carbocycles. The van der Waals surface area contributed by atoms with E-state index >= 15 is 0 Å². The Labute approximate surface area is 122 Å². The summed E-state index contributed by atoms with van der Waals surface area (Å²) in [5, 5.41) is 14.1. The summed E-state index contributed by atoms with van der Waals surface area (Å²) >= 11 is 0. The summed E-state index contributed by atoms with van der Waals surface area (Å²) < 4.78 is 13.6. The number of nitro benzene ring substituents is 1. The molecule has 2 aromatic carbocycles. The maximum Gasteiger partial charge on any atom is 0.292 e. The van der Waals surface area contributed by atoms with Crippen LogP contribution < -0.4 is 5.32 Å². The minimum absolute atomic E-state index is 0.0468. The van der Waals surface area contributed by atoms with E-state index in [4.69, 9.17) is 0 Å². The minimum Gasteiger partial charge on any atom is -0.375 e. The number of hydrogen-bond acceptors (Lipinski definition) is 3. The van der Waals surface area contributed by atoms with Gasteiger partial charge in [-0.1, -0.05) is 18.2 Å². The van der Waals surface area contributed by atoms with E-state index in [9.17, 15) is 14.5 Å². The van der Waals surface area contributed by atoms with Gasteiger partial charge in [0.15, 0.2) is 0 Å². The van der Waals surface area contributed by atoms with Crippen LogP contribution in [0.3, 0.4) is 0 Å². The monoisotopic (exact) mass is 288 g/mol. The predicted molar refractivity (Wildman–Crippen MR) is 81.0 cm³/mol. The molecule has 0 aromatic heterocycles. The summed E-state index contributed by atoms with van der Waals surface area (Å²) in [6.07, 6.45) is 0. The summed E-state index contributed by atoms with van der Waals surface area (Å²) in [4.78, 5) is 10.6. The number of halogens is 1. The number of hydrogen-bond donors (Lipinski definition) is 1. The summed E-state index contributed by atoms with van der Waals surface area (Å²) in [5.41, 5.74) is 3.38. The van der Waals surface area contributed by atoms with Gasteiger partial charge in [-0.25, -0.2) is 4.39 Å². The normalized spacial score (nSPS) is 10.5. The number of anilines is 1. The van der Waals surface area contributed by atoms with Gasteiger partial charge in [0.05, 0.1) is 4.92 Å². The van der Waals surface area contributed by atoms with Gasteiger partial charge in [0, 0.05) is 12.6 Å². The summed E-state index contributed by atoms with van der Waals surface area (Å²) in [5.74, 6) is -0.208. The van der Waals surface area contributed by atoms with Gasteiger partial charge in [-0.2, -0.15) is 0 Å². The molecular formula is C16H17FN2O2. The highest BCUT2D eigenvalue weighted by atomic mass is 19.1. The van der Waals surface area contributed by atoms with Crippen molar-refractivity contribution in [2.75, 3.05) is 5.32 Å². The first kappa shape index (κ1) is 15.0. The van der Waals surface area contributed by atoms with Crippen molar-refractivity contribution in [2.45, 2.75) is 27.3 Å². The van der Waals surface area contributed by atoms with Crippen LogP contribution in [0.5, 0.6) is 0 Å². The average Bonchev–Trinajstić information content (AvgIpc) is 2.43. The van der Waals surface area contributed by atoms with Crippen LogP contribution in [0, 0.1) is 36.7 Å². The molecule has 0 amide bonds. The van der Waals surface area contributed by atoms with Gasteiger partial charge in [-0.05, 0) is 49.1 Å². The lowest BCUT2D eigenvalue weighted by molar-refractivity contribution is -0.384. The third-order valence-electron chi connectivity index (χ3n) is 3.33. The number of benzene rings is 2. The SMILES string of the molecule is Cc1ccc(NCc2cc(C)c(F)c(C)c2)c([N+](=O)[O-])c1. The average molecular weight is 288 g/mol. The van der Waals surface area contributed by atoms with Crippen LogP contribution in [-0.2, 0) is 6.54 Å². The predicted octanol–water partition coefficient (Wildman–Crippen LogP) is 4.27. The lowest BCUT2D eigenvalue weighted by atomic mass is 10.1. The molecule has 110 valence electrons. The first-order valence-corrected chi connectivity index (χ1v) is 6.63. The van der Waals surface area contributed by atoms with Crippen molar-refractivity contribution in [3.05, 3.63) is 68.5 Å². The molecule has 1 N–H and O–H groups in total. The van der Waals surface area contributed by atoms with Crippen LogP contribution in [-0.4, -0.2) is 4.92 Å². The molecular weight excluding hydrogens is 271 g/mol. The lowest BCUT2D eigenvalue weighted by Gasteiger charge is -2.10. The molecule has 5 heteroatoms. The van der Waals surface area contributed by atoms with Crippen molar-refractivity contribution in [1.29, 1.82) is 0 Å². The fraction of sp³-hybridized carbons (Fsp3) is 0.250. The number of rotatable bonds is 4. The first-order valence-electron chi connectivity index (χ1n) is 6.63. The molecule has 0 atom stereocenters. The van der Waals surface area contributed by atoms with Crippen molar-refractivity contribution in [3.63, 3.8) is 0 Å². The Morgan fingerprint density at radius 1 is 1.14 bits per heavy atom. The standard InChI is InChI=1S/C16H17FN2O2/c1-10-4-5-14(15(6-10)19(20)21)18-9-13-7-11(2)16(17)12(3)8-13/h4-8,18H,9H2,1-3H3. The number of aryl methyl sites for hydroxylation is 3. The van der Waals surface area contributed by atoms with Crippen molar-refractivity contribution in [1.82, 2.24) is 0 Å². The highest BCUT2D eigenvalue weighted by Gasteiger charge is 2.13. The Balaban J connectivity index is 2.22. The molecule has 0 heterocycles. The zero-order valence-electron chi connectivity index (χ0n) is 12.2. The quantitative estimate of drug-likeness (QED) is 0.675. The van der Waals surface area contributed by atoms with Gasteiger partial charge in [0.25, 0.3) is 5.69 Å². The molecule has 0 aliphatic rings. The maximum atomic E-state index is 13.6. The summed E-state index contributed by atoms with van der Waals surface area (Å²) in [6.45, 7) is 5.63. The van der Waals surface area contributed by atoms with Crippen LogP contribution in [0.25, 0.3) is 0 Å². The Morgan fingerprint density at radius 3 is 2.33 bits per heavy atom. The van der Waals surface area contributed by atoms with Gasteiger partial charge in [0.1, 0.15) is 11.5 Å². The Hall–Kier alpha value is -2.43. The minimum atomic E-state index is -0.406. The van der Waals surface area contributed by atoms with E-state index in [1.807, 2.05) is 13.0 Å². The van der Waals surface area contributed by atoms with Crippen molar-refractivity contribution >= 4 is 11.4 Å². The largest absolute Gasteiger partial charge is 0.375 e. The van der Waals surface area contributed by atoms with Crippen LogP contribution in [0.1, 0.15) is 22.3 Å². The Bertz CT molecular complexity index is 676. The molecule has 0 bridgehead atoms. The maximum absolute atomic E-state index is 13.6. The van der Waals surface area contributed by atoms with E-state index in [0.717, 1.165) is 11.1 Å². The van der Waals surface area contributed by atoms with E-state index in [2.05, 4.69) is 5.32 Å². The molecule has 21 heavy (non-hydrogen) atoms. The summed E-state index contributed by atoms with van der Waals surface area (Å²) in [6, 6.07) is 8.53. The van der Waals surface area contributed by atoms with Crippen LogP contribution >= 0.6 is 0 Å². The second-order valence-corrected chi connectivity index (χ2v) is 5.17. The molecule has 0 fully saturated rings. The topological polar surface area (TPSA) is 55.2 Å². The molecule has 2 rings (SSSR count). The highest BCUT2D eigenvalue weighted by molar-refractivity contribution is 5.62. The van der Waals surface area contributed by atoms with Crippen molar-refractivity contribution in [3.8, 4) is 0 Å². The van der Waals surface area contributed by atoms with E-state index in [1.165, 1.54) is 6.07 Å². The zero-order chi connectivity index (χ0) is 15.6. The van der Waals surface area contributed by atoms with Crippen LogP contribution in [0.15, 0.2) is 30.3 Å². The number of nitrogens with zero attached hydrogens (tertiary/aromatic N) is 1. The van der Waals surface area contributed by atoms with Gasteiger partial charge >= 0.3 is 0 Å². The smallest absolute Gasteiger partial charge is 0.292 e. The first-order chi connectivity index (χ1) is 9.88. The molecule has 4 nitrogen and oxygen atoms in total. The Kier molecular flexibility index (Phi) is 4.21. The van der Waals surface area contributed by atoms with E-state index < -0.39 is 4.92 Å². The highest BCUT2D eigenvalue weighted by Crippen LogP contribution is 2.26. The van der Waals surface area contributed by atoms with Crippen LogP contribution in [0.2, 0.25) is 0 Å². The molecule has 0 radical (unpaired) electrons. The second-order valence-electron chi connectivity index (χ2n) is 5.17. The third-order valence-corrected chi connectivity index (χ3v) is 3.33. The molecule has 2 aromatic rings. The molecule has 0 spiro atoms. The van der Waals surface area contributed by atoms with Crippen LogP contribution in [0.4, 0.5) is 15.8 Å². The number of nitro groups is 1. The van der Waals surface area contributed by atoms with Gasteiger partial charge < -0.3 is 5.32 Å². The van der Waals surface area contributed by atoms with Gasteiger partial charge in [-0.15, -0.1) is 0 Å². The fourth-order valence-electron chi connectivity index (χ4n) is 2.28. The van der Waals surface area contributed by atoms with Gasteiger partial charge in [-0.3, -0.25) is 10.1 Å². The molecule has 0 unspecified atom stereocenters. The lowest BCUT2D eigenvalue weighted by Crippen LogP contribution is -2.04.